The molecule has 1 saturated heterocycles. The van der Waals surface area contributed by atoms with Crippen molar-refractivity contribution < 1.29 is 14.6 Å². The second kappa shape index (κ2) is 5.63. The summed E-state index contributed by atoms with van der Waals surface area (Å²) in [6.45, 7) is 3.83. The van der Waals surface area contributed by atoms with Crippen LogP contribution < -0.4 is 0 Å². The summed E-state index contributed by atoms with van der Waals surface area (Å²) in [6, 6.07) is 10.1. The van der Waals surface area contributed by atoms with Crippen molar-refractivity contribution in [2.75, 3.05) is 13.2 Å². The maximum Gasteiger partial charge on any atom is 0.0837 e. The quantitative estimate of drug-likeness (QED) is 0.582. The van der Waals surface area contributed by atoms with Gasteiger partial charge in [-0.1, -0.05) is 30.3 Å². The van der Waals surface area contributed by atoms with Crippen LogP contribution in [0.3, 0.4) is 0 Å². The van der Waals surface area contributed by atoms with Gasteiger partial charge in [0.2, 0.25) is 0 Å². The lowest BCUT2D eigenvalue weighted by atomic mass is 9.97. The van der Waals surface area contributed by atoms with E-state index in [1.54, 1.807) is 0 Å². The highest BCUT2D eigenvalue weighted by Crippen LogP contribution is 2.25. The van der Waals surface area contributed by atoms with Crippen molar-refractivity contribution in [1.29, 1.82) is 0 Å². The summed E-state index contributed by atoms with van der Waals surface area (Å²) in [5, 5.41) is 10.1. The van der Waals surface area contributed by atoms with Gasteiger partial charge < -0.3 is 14.6 Å². The van der Waals surface area contributed by atoms with E-state index in [1.807, 2.05) is 37.3 Å². The highest BCUT2D eigenvalue weighted by atomic mass is 16.6. The van der Waals surface area contributed by atoms with Gasteiger partial charge in [-0.15, -0.1) is 0 Å². The van der Waals surface area contributed by atoms with E-state index in [9.17, 15) is 5.11 Å². The monoisotopic (exact) mass is 236 g/mol. The Morgan fingerprint density at radius 1 is 1.41 bits per heavy atom. The topological polar surface area (TPSA) is 42.0 Å². The molecule has 2 rings (SSSR count). The third kappa shape index (κ3) is 4.86. The van der Waals surface area contributed by atoms with Crippen LogP contribution in [0.25, 0.3) is 0 Å². The lowest BCUT2D eigenvalue weighted by Gasteiger charge is -2.22. The first kappa shape index (κ1) is 12.6. The Hall–Kier alpha value is -0.900. The SMILES string of the molecule is CC(O)(CCOCc1ccccc1)CC1CO1. The van der Waals surface area contributed by atoms with E-state index in [2.05, 4.69) is 0 Å². The van der Waals surface area contributed by atoms with Crippen molar-refractivity contribution >= 4 is 0 Å². The molecule has 2 atom stereocenters. The molecule has 0 radical (unpaired) electrons. The van der Waals surface area contributed by atoms with Gasteiger partial charge >= 0.3 is 0 Å². The molecule has 1 aliphatic rings. The van der Waals surface area contributed by atoms with Gasteiger partial charge in [0.25, 0.3) is 0 Å². The molecule has 94 valence electrons. The van der Waals surface area contributed by atoms with Crippen LogP contribution in [0.5, 0.6) is 0 Å². The number of hydrogen-bond donors (Lipinski definition) is 1. The van der Waals surface area contributed by atoms with Crippen LogP contribution in [0.15, 0.2) is 30.3 Å². The lowest BCUT2D eigenvalue weighted by Crippen LogP contribution is -2.28. The van der Waals surface area contributed by atoms with Gasteiger partial charge in [0.05, 0.1) is 24.9 Å². The first-order valence-electron chi connectivity index (χ1n) is 6.11. The lowest BCUT2D eigenvalue weighted by molar-refractivity contribution is -0.000388. The van der Waals surface area contributed by atoms with Crippen molar-refractivity contribution in [3.8, 4) is 0 Å². The fourth-order valence-electron chi connectivity index (χ4n) is 1.83. The van der Waals surface area contributed by atoms with Crippen molar-refractivity contribution in [3.63, 3.8) is 0 Å². The first-order valence-corrected chi connectivity index (χ1v) is 6.11. The molecule has 0 amide bonds. The summed E-state index contributed by atoms with van der Waals surface area (Å²) in [4.78, 5) is 0. The molecule has 1 aromatic carbocycles. The van der Waals surface area contributed by atoms with Crippen LogP contribution in [0.4, 0.5) is 0 Å². The van der Waals surface area contributed by atoms with Gasteiger partial charge in [-0.2, -0.15) is 0 Å². The molecular weight excluding hydrogens is 216 g/mol. The van der Waals surface area contributed by atoms with Crippen LogP contribution in [0, 0.1) is 0 Å². The molecule has 0 aromatic heterocycles. The van der Waals surface area contributed by atoms with E-state index in [1.165, 1.54) is 0 Å². The summed E-state index contributed by atoms with van der Waals surface area (Å²) in [5.41, 5.74) is 0.496. The molecule has 0 spiro atoms. The number of rotatable bonds is 7. The predicted molar refractivity (Wildman–Crippen MR) is 65.7 cm³/mol. The van der Waals surface area contributed by atoms with Gasteiger partial charge in [0.1, 0.15) is 0 Å². The van der Waals surface area contributed by atoms with E-state index in [0.717, 1.165) is 12.2 Å². The maximum atomic E-state index is 10.1. The Morgan fingerprint density at radius 3 is 2.76 bits per heavy atom. The van der Waals surface area contributed by atoms with Gasteiger partial charge in [-0.3, -0.25) is 0 Å². The van der Waals surface area contributed by atoms with E-state index in [0.29, 0.717) is 26.1 Å². The molecule has 0 saturated carbocycles. The molecule has 0 aliphatic carbocycles. The minimum absolute atomic E-state index is 0.263. The fourth-order valence-corrected chi connectivity index (χ4v) is 1.83. The second-order valence-corrected chi connectivity index (χ2v) is 4.94. The Labute approximate surface area is 102 Å². The molecule has 3 nitrogen and oxygen atoms in total. The molecule has 1 N–H and O–H groups in total. The maximum absolute atomic E-state index is 10.1. The van der Waals surface area contributed by atoms with Crippen LogP contribution in [0.1, 0.15) is 25.3 Å². The van der Waals surface area contributed by atoms with E-state index in [4.69, 9.17) is 9.47 Å². The van der Waals surface area contributed by atoms with Crippen molar-refractivity contribution in [3.05, 3.63) is 35.9 Å². The molecule has 3 heteroatoms. The minimum atomic E-state index is -0.669. The van der Waals surface area contributed by atoms with Crippen LogP contribution in [-0.2, 0) is 16.1 Å². The van der Waals surface area contributed by atoms with Gasteiger partial charge in [0, 0.05) is 13.0 Å². The average molecular weight is 236 g/mol. The van der Waals surface area contributed by atoms with Gasteiger partial charge in [-0.25, -0.2) is 0 Å². The zero-order valence-electron chi connectivity index (χ0n) is 10.3. The highest BCUT2D eigenvalue weighted by Gasteiger charge is 2.32. The Balaban J connectivity index is 1.62. The zero-order valence-corrected chi connectivity index (χ0v) is 10.3. The molecule has 1 aromatic rings. The van der Waals surface area contributed by atoms with Gasteiger partial charge in [0.15, 0.2) is 0 Å². The molecule has 2 unspecified atom stereocenters. The second-order valence-electron chi connectivity index (χ2n) is 4.94. The number of aliphatic hydroxyl groups is 1. The molecule has 17 heavy (non-hydrogen) atoms. The molecule has 0 bridgehead atoms. The molecule has 1 fully saturated rings. The summed E-state index contributed by atoms with van der Waals surface area (Å²) in [7, 11) is 0. The van der Waals surface area contributed by atoms with E-state index in [-0.39, 0.29) is 6.10 Å². The van der Waals surface area contributed by atoms with Crippen LogP contribution in [-0.4, -0.2) is 30.0 Å². The van der Waals surface area contributed by atoms with Crippen LogP contribution in [0.2, 0.25) is 0 Å². The summed E-state index contributed by atoms with van der Waals surface area (Å²) < 4.78 is 10.7. The highest BCUT2D eigenvalue weighted by molar-refractivity contribution is 5.13. The third-order valence-electron chi connectivity index (χ3n) is 2.97. The molecule has 1 heterocycles. The average Bonchev–Trinajstić information content (AvgIpc) is 3.09. The Morgan fingerprint density at radius 2 is 2.12 bits per heavy atom. The first-order chi connectivity index (χ1) is 8.16. The van der Waals surface area contributed by atoms with Crippen molar-refractivity contribution in [2.45, 2.75) is 38.1 Å². The van der Waals surface area contributed by atoms with Crippen molar-refractivity contribution in [2.24, 2.45) is 0 Å². The smallest absolute Gasteiger partial charge is 0.0837 e. The minimum Gasteiger partial charge on any atom is -0.390 e. The number of ether oxygens (including phenoxy) is 2. The largest absolute Gasteiger partial charge is 0.390 e. The third-order valence-corrected chi connectivity index (χ3v) is 2.97. The summed E-state index contributed by atoms with van der Waals surface area (Å²) >= 11 is 0. The standard InChI is InChI=1S/C14H20O3/c1-14(15,9-13-11-17-13)7-8-16-10-12-5-3-2-4-6-12/h2-6,13,15H,7-11H2,1H3. The number of hydrogen-bond acceptors (Lipinski definition) is 3. The van der Waals surface area contributed by atoms with E-state index < -0.39 is 5.60 Å². The number of benzene rings is 1. The van der Waals surface area contributed by atoms with Crippen LogP contribution >= 0.6 is 0 Å². The summed E-state index contributed by atoms with van der Waals surface area (Å²) in [6.07, 6.45) is 1.63. The normalized spacial score (nSPS) is 22.1. The van der Waals surface area contributed by atoms with Gasteiger partial charge in [-0.05, 0) is 18.9 Å². The van der Waals surface area contributed by atoms with Crippen molar-refractivity contribution in [1.82, 2.24) is 0 Å². The Bertz CT molecular complexity index is 331. The predicted octanol–water partition coefficient (Wildman–Crippen LogP) is 2.13. The van der Waals surface area contributed by atoms with E-state index >= 15 is 0 Å². The zero-order chi connectivity index (χ0) is 12.1. The number of epoxide rings is 1. The Kier molecular flexibility index (Phi) is 4.15. The fraction of sp³-hybridized carbons (Fsp3) is 0.571. The summed E-state index contributed by atoms with van der Waals surface area (Å²) in [5.74, 6) is 0. The molecular formula is C14H20O3. The molecule has 1 aliphatic heterocycles.